The van der Waals surface area contributed by atoms with E-state index in [2.05, 4.69) is 5.16 Å². The van der Waals surface area contributed by atoms with Crippen molar-refractivity contribution in [1.29, 1.82) is 0 Å². The number of thiophene rings is 1. The maximum Gasteiger partial charge on any atom is 0.400 e. The molecule has 7 nitrogen and oxygen atoms in total. The van der Waals surface area contributed by atoms with Crippen molar-refractivity contribution < 1.29 is 23.5 Å². The van der Waals surface area contributed by atoms with Crippen molar-refractivity contribution in [3.05, 3.63) is 70.3 Å². The fourth-order valence-corrected chi connectivity index (χ4v) is 2.62. The van der Waals surface area contributed by atoms with Crippen LogP contribution in [-0.2, 0) is 11.4 Å². The van der Waals surface area contributed by atoms with Gasteiger partial charge in [0.2, 0.25) is 5.76 Å². The quantitative estimate of drug-likeness (QED) is 0.295. The van der Waals surface area contributed by atoms with Crippen molar-refractivity contribution in [3.63, 3.8) is 0 Å². The predicted octanol–water partition coefficient (Wildman–Crippen LogP) is 3.41. The summed E-state index contributed by atoms with van der Waals surface area (Å²) >= 11 is 1.39. The molecule has 0 atom stereocenters. The number of ether oxygens (including phenoxy) is 2. The summed E-state index contributed by atoms with van der Waals surface area (Å²) in [6.45, 7) is 0.167. The molecule has 0 amide bonds. The van der Waals surface area contributed by atoms with Gasteiger partial charge in [-0.05, 0) is 47.8 Å². The number of carbonyl (C=O) groups excluding carboxylic acids is 1. The minimum absolute atomic E-state index is 0.0149. The van der Waals surface area contributed by atoms with Crippen molar-refractivity contribution in [2.24, 2.45) is 10.9 Å². The van der Waals surface area contributed by atoms with Crippen LogP contribution in [0.15, 0.2) is 63.5 Å². The lowest BCUT2D eigenvalue weighted by molar-refractivity contribution is 0.0475. The van der Waals surface area contributed by atoms with E-state index in [0.29, 0.717) is 16.4 Å². The number of rotatable bonds is 7. The molecule has 2 aromatic heterocycles. The highest BCUT2D eigenvalue weighted by atomic mass is 32.1. The first-order valence-electron chi connectivity index (χ1n) is 7.60. The van der Waals surface area contributed by atoms with Crippen LogP contribution in [0.4, 0.5) is 0 Å². The molecule has 0 bridgehead atoms. The number of oxime groups is 1. The zero-order valence-corrected chi connectivity index (χ0v) is 14.7. The Kier molecular flexibility index (Phi) is 5.55. The molecular formula is C18H16N2O5S. The molecule has 1 aromatic carbocycles. The largest absolute Gasteiger partial charge is 0.497 e. The monoisotopic (exact) mass is 372 g/mol. The van der Waals surface area contributed by atoms with Gasteiger partial charge in [-0.25, -0.2) is 4.79 Å². The van der Waals surface area contributed by atoms with Crippen molar-refractivity contribution >= 4 is 23.1 Å². The average Bonchev–Trinajstić information content (AvgIpc) is 3.36. The van der Waals surface area contributed by atoms with E-state index < -0.39 is 5.97 Å². The zero-order chi connectivity index (χ0) is 18.4. The number of furan rings is 1. The summed E-state index contributed by atoms with van der Waals surface area (Å²) in [6.07, 6.45) is 0. The Morgan fingerprint density at radius 1 is 1.15 bits per heavy atom. The average molecular weight is 372 g/mol. The Hall–Kier alpha value is -3.26. The Morgan fingerprint density at radius 3 is 2.62 bits per heavy atom. The van der Waals surface area contributed by atoms with E-state index in [9.17, 15) is 4.79 Å². The predicted molar refractivity (Wildman–Crippen MR) is 96.5 cm³/mol. The van der Waals surface area contributed by atoms with E-state index in [4.69, 9.17) is 24.5 Å². The van der Waals surface area contributed by atoms with Crippen LogP contribution in [0, 0.1) is 0 Å². The van der Waals surface area contributed by atoms with Gasteiger partial charge >= 0.3 is 5.97 Å². The summed E-state index contributed by atoms with van der Waals surface area (Å²) in [4.78, 5) is 17.5. The minimum Gasteiger partial charge on any atom is -0.497 e. The lowest BCUT2D eigenvalue weighted by Crippen LogP contribution is -2.13. The molecule has 134 valence electrons. The summed E-state index contributed by atoms with van der Waals surface area (Å²) in [5, 5.41) is 5.46. The van der Waals surface area contributed by atoms with Crippen LogP contribution in [0.3, 0.4) is 0 Å². The second kappa shape index (κ2) is 8.21. The second-order valence-corrected chi connectivity index (χ2v) is 6.01. The van der Waals surface area contributed by atoms with Gasteiger partial charge in [0.1, 0.15) is 23.9 Å². The number of nitrogens with two attached hydrogens (primary N) is 1. The van der Waals surface area contributed by atoms with Gasteiger partial charge in [-0.3, -0.25) is 0 Å². The first-order chi connectivity index (χ1) is 12.7. The van der Waals surface area contributed by atoms with Gasteiger partial charge < -0.3 is 24.5 Å². The Balaban J connectivity index is 1.55. The molecule has 0 fully saturated rings. The van der Waals surface area contributed by atoms with Gasteiger partial charge in [-0.15, -0.1) is 11.3 Å². The van der Waals surface area contributed by atoms with E-state index in [1.807, 2.05) is 11.4 Å². The molecule has 2 heterocycles. The number of amidine groups is 1. The summed E-state index contributed by atoms with van der Waals surface area (Å²) in [7, 11) is 1.59. The molecule has 0 aliphatic rings. The highest BCUT2D eigenvalue weighted by molar-refractivity contribution is 7.12. The van der Waals surface area contributed by atoms with Crippen LogP contribution in [0.25, 0.3) is 0 Å². The Morgan fingerprint density at radius 2 is 1.92 bits per heavy atom. The summed E-state index contributed by atoms with van der Waals surface area (Å²) < 4.78 is 16.1. The Bertz CT molecular complexity index is 885. The third-order valence-electron chi connectivity index (χ3n) is 3.30. The van der Waals surface area contributed by atoms with Crippen LogP contribution in [0.2, 0.25) is 0 Å². The molecule has 26 heavy (non-hydrogen) atoms. The third-order valence-corrected chi connectivity index (χ3v) is 4.20. The topological polar surface area (TPSA) is 96.3 Å². The molecule has 8 heteroatoms. The van der Waals surface area contributed by atoms with Gasteiger partial charge in [0.15, 0.2) is 5.84 Å². The van der Waals surface area contributed by atoms with Crippen LogP contribution >= 0.6 is 11.3 Å². The SMILES string of the molecule is COc1ccc(OCc2ccc(C(=O)O/N=C(\N)c3cccs3)o2)cc1. The van der Waals surface area contributed by atoms with Crippen LogP contribution in [0.5, 0.6) is 11.5 Å². The number of hydrogen-bond donors (Lipinski definition) is 1. The van der Waals surface area contributed by atoms with Crippen LogP contribution in [0.1, 0.15) is 21.2 Å². The van der Waals surface area contributed by atoms with E-state index >= 15 is 0 Å². The maximum absolute atomic E-state index is 11.9. The van der Waals surface area contributed by atoms with Crippen molar-refractivity contribution in [1.82, 2.24) is 0 Å². The fourth-order valence-electron chi connectivity index (χ4n) is 2.00. The van der Waals surface area contributed by atoms with E-state index in [-0.39, 0.29) is 18.2 Å². The van der Waals surface area contributed by atoms with Gasteiger partial charge in [0, 0.05) is 0 Å². The highest BCUT2D eigenvalue weighted by Gasteiger charge is 2.14. The van der Waals surface area contributed by atoms with Crippen LogP contribution in [-0.4, -0.2) is 18.9 Å². The molecule has 3 aromatic rings. The molecule has 0 spiro atoms. The molecule has 0 saturated heterocycles. The van der Waals surface area contributed by atoms with Gasteiger partial charge in [-0.1, -0.05) is 11.2 Å². The Labute approximate surface area is 153 Å². The first kappa shape index (κ1) is 17.6. The van der Waals surface area contributed by atoms with E-state index in [0.717, 1.165) is 5.75 Å². The van der Waals surface area contributed by atoms with E-state index in [1.54, 1.807) is 43.5 Å². The normalized spacial score (nSPS) is 11.2. The number of hydrogen-bond acceptors (Lipinski definition) is 7. The third kappa shape index (κ3) is 4.42. The van der Waals surface area contributed by atoms with E-state index in [1.165, 1.54) is 17.4 Å². The number of benzene rings is 1. The molecular weight excluding hydrogens is 356 g/mol. The molecule has 0 aliphatic heterocycles. The van der Waals surface area contributed by atoms with Gasteiger partial charge in [0.25, 0.3) is 0 Å². The molecule has 0 saturated carbocycles. The van der Waals surface area contributed by atoms with Gasteiger partial charge in [0.05, 0.1) is 12.0 Å². The molecule has 0 aliphatic carbocycles. The highest BCUT2D eigenvalue weighted by Crippen LogP contribution is 2.19. The van der Waals surface area contributed by atoms with Crippen molar-refractivity contribution in [2.45, 2.75) is 6.61 Å². The fraction of sp³-hybridized carbons (Fsp3) is 0.111. The molecule has 2 N–H and O–H groups in total. The standard InChI is InChI=1S/C18H16N2O5S/c1-22-12-4-6-13(7-5-12)23-11-14-8-9-15(24-14)18(21)25-20-17(19)16-3-2-10-26-16/h2-10H,11H2,1H3,(H2,19,20). The molecule has 0 unspecified atom stereocenters. The number of nitrogens with zero attached hydrogens (tertiary/aromatic N) is 1. The first-order valence-corrected chi connectivity index (χ1v) is 8.48. The zero-order valence-electron chi connectivity index (χ0n) is 13.9. The second-order valence-electron chi connectivity index (χ2n) is 5.06. The number of methoxy groups -OCH3 is 1. The lowest BCUT2D eigenvalue weighted by Gasteiger charge is -2.05. The summed E-state index contributed by atoms with van der Waals surface area (Å²) in [5.41, 5.74) is 5.73. The number of carbonyl (C=O) groups is 1. The van der Waals surface area contributed by atoms with Crippen LogP contribution < -0.4 is 15.2 Å². The minimum atomic E-state index is -0.736. The summed E-state index contributed by atoms with van der Waals surface area (Å²) in [5.74, 6) is 1.27. The lowest BCUT2D eigenvalue weighted by atomic mass is 10.3. The molecule has 3 rings (SSSR count). The maximum atomic E-state index is 11.9. The summed E-state index contributed by atoms with van der Waals surface area (Å²) in [6, 6.07) is 13.9. The molecule has 0 radical (unpaired) electrons. The van der Waals surface area contributed by atoms with Gasteiger partial charge in [-0.2, -0.15) is 0 Å². The smallest absolute Gasteiger partial charge is 0.400 e. The van der Waals surface area contributed by atoms with Crippen molar-refractivity contribution in [2.75, 3.05) is 7.11 Å². The van der Waals surface area contributed by atoms with Crippen molar-refractivity contribution in [3.8, 4) is 11.5 Å².